The van der Waals surface area contributed by atoms with E-state index in [1.807, 2.05) is 6.07 Å². The minimum absolute atomic E-state index is 0.208. The SMILES string of the molecule is CC(=O)OCc1cc(CCl)n(C)n1. The Bertz CT molecular complexity index is 309. The Labute approximate surface area is 81.4 Å². The number of nitrogens with zero attached hydrogens (tertiary/aromatic N) is 2. The van der Waals surface area contributed by atoms with Gasteiger partial charge in [0.25, 0.3) is 0 Å². The minimum atomic E-state index is -0.307. The van der Waals surface area contributed by atoms with Gasteiger partial charge in [-0.2, -0.15) is 5.10 Å². The average Bonchev–Trinajstić information content (AvgIpc) is 2.43. The predicted molar refractivity (Wildman–Crippen MR) is 48.2 cm³/mol. The summed E-state index contributed by atoms with van der Waals surface area (Å²) in [4.78, 5) is 10.5. The number of alkyl halides is 1. The molecular formula is C8H11ClN2O2. The first-order chi connectivity index (χ1) is 6.13. The van der Waals surface area contributed by atoms with Crippen LogP contribution in [0.3, 0.4) is 0 Å². The maximum absolute atomic E-state index is 10.5. The van der Waals surface area contributed by atoms with E-state index in [2.05, 4.69) is 5.10 Å². The van der Waals surface area contributed by atoms with Crippen LogP contribution < -0.4 is 0 Å². The van der Waals surface area contributed by atoms with E-state index in [1.165, 1.54) is 6.92 Å². The van der Waals surface area contributed by atoms with Crippen molar-refractivity contribution in [2.45, 2.75) is 19.4 Å². The molecule has 0 saturated carbocycles. The number of esters is 1. The van der Waals surface area contributed by atoms with E-state index in [9.17, 15) is 4.79 Å². The summed E-state index contributed by atoms with van der Waals surface area (Å²) < 4.78 is 6.46. The number of aryl methyl sites for hydroxylation is 1. The molecule has 1 aromatic rings. The Hall–Kier alpha value is -1.03. The molecule has 0 aliphatic rings. The lowest BCUT2D eigenvalue weighted by atomic mass is 10.4. The Morgan fingerprint density at radius 2 is 2.46 bits per heavy atom. The fraction of sp³-hybridized carbons (Fsp3) is 0.500. The van der Waals surface area contributed by atoms with Crippen LogP contribution in [0.5, 0.6) is 0 Å². The van der Waals surface area contributed by atoms with Crippen LogP contribution in [0.4, 0.5) is 0 Å². The van der Waals surface area contributed by atoms with E-state index in [4.69, 9.17) is 16.3 Å². The second-order valence-corrected chi connectivity index (χ2v) is 2.93. The van der Waals surface area contributed by atoms with E-state index in [0.717, 1.165) is 5.69 Å². The number of hydrogen-bond donors (Lipinski definition) is 0. The van der Waals surface area contributed by atoms with Gasteiger partial charge in [0, 0.05) is 14.0 Å². The number of halogens is 1. The zero-order valence-electron chi connectivity index (χ0n) is 7.58. The molecule has 0 aliphatic heterocycles. The molecule has 0 N–H and O–H groups in total. The van der Waals surface area contributed by atoms with Crippen LogP contribution in [0.25, 0.3) is 0 Å². The van der Waals surface area contributed by atoms with Gasteiger partial charge in [-0.25, -0.2) is 0 Å². The van der Waals surface area contributed by atoms with Crippen molar-refractivity contribution in [3.8, 4) is 0 Å². The first-order valence-corrected chi connectivity index (χ1v) is 4.38. The lowest BCUT2D eigenvalue weighted by Gasteiger charge is -1.96. The highest BCUT2D eigenvalue weighted by Crippen LogP contribution is 2.06. The molecule has 1 rings (SSSR count). The number of carbonyl (C=O) groups is 1. The Morgan fingerprint density at radius 3 is 2.92 bits per heavy atom. The van der Waals surface area contributed by atoms with Gasteiger partial charge in [-0.15, -0.1) is 11.6 Å². The fourth-order valence-corrected chi connectivity index (χ4v) is 1.19. The monoisotopic (exact) mass is 202 g/mol. The van der Waals surface area contributed by atoms with Crippen molar-refractivity contribution in [1.82, 2.24) is 9.78 Å². The van der Waals surface area contributed by atoms with Gasteiger partial charge in [-0.3, -0.25) is 9.48 Å². The summed E-state index contributed by atoms with van der Waals surface area (Å²) >= 11 is 5.64. The van der Waals surface area contributed by atoms with E-state index >= 15 is 0 Å². The Morgan fingerprint density at radius 1 is 1.77 bits per heavy atom. The van der Waals surface area contributed by atoms with Gasteiger partial charge >= 0.3 is 5.97 Å². The second kappa shape index (κ2) is 4.28. The summed E-state index contributed by atoms with van der Waals surface area (Å²) in [6.45, 7) is 1.57. The second-order valence-electron chi connectivity index (χ2n) is 2.66. The van der Waals surface area contributed by atoms with Crippen molar-refractivity contribution in [2.75, 3.05) is 0 Å². The van der Waals surface area contributed by atoms with Crippen LogP contribution in [0, 0.1) is 0 Å². The summed E-state index contributed by atoms with van der Waals surface area (Å²) in [5.74, 6) is 0.0990. The van der Waals surface area contributed by atoms with E-state index in [1.54, 1.807) is 11.7 Å². The predicted octanol–water partition coefficient (Wildman–Crippen LogP) is 1.22. The van der Waals surface area contributed by atoms with Crippen LogP contribution in [-0.4, -0.2) is 15.7 Å². The van der Waals surface area contributed by atoms with Crippen molar-refractivity contribution < 1.29 is 9.53 Å². The van der Waals surface area contributed by atoms with Gasteiger partial charge in [0.2, 0.25) is 0 Å². The van der Waals surface area contributed by atoms with Crippen molar-refractivity contribution >= 4 is 17.6 Å². The minimum Gasteiger partial charge on any atom is -0.459 e. The molecule has 0 aliphatic carbocycles. The summed E-state index contributed by atoms with van der Waals surface area (Å²) in [6.07, 6.45) is 0. The van der Waals surface area contributed by atoms with Gasteiger partial charge in [0.05, 0.1) is 11.6 Å². The standard InChI is InChI=1S/C8H11ClN2O2/c1-6(12)13-5-7-3-8(4-9)11(2)10-7/h3H,4-5H2,1-2H3. The molecule has 13 heavy (non-hydrogen) atoms. The number of aromatic nitrogens is 2. The van der Waals surface area contributed by atoms with Gasteiger partial charge in [-0.1, -0.05) is 0 Å². The molecule has 0 amide bonds. The van der Waals surface area contributed by atoms with Gasteiger partial charge in [-0.05, 0) is 6.07 Å². The number of carbonyl (C=O) groups excluding carboxylic acids is 1. The van der Waals surface area contributed by atoms with Gasteiger partial charge in [0.1, 0.15) is 12.3 Å². The fourth-order valence-electron chi connectivity index (χ4n) is 0.943. The summed E-state index contributed by atoms with van der Waals surface area (Å²) in [5, 5.41) is 4.11. The van der Waals surface area contributed by atoms with Gasteiger partial charge in [0.15, 0.2) is 0 Å². The molecule has 0 unspecified atom stereocenters. The average molecular weight is 203 g/mol. The smallest absolute Gasteiger partial charge is 0.303 e. The summed E-state index contributed by atoms with van der Waals surface area (Å²) in [6, 6.07) is 1.82. The summed E-state index contributed by atoms with van der Waals surface area (Å²) in [5.41, 5.74) is 1.62. The molecule has 0 bridgehead atoms. The molecule has 1 aromatic heterocycles. The molecular weight excluding hydrogens is 192 g/mol. The lowest BCUT2D eigenvalue weighted by molar-refractivity contribution is -0.142. The van der Waals surface area contributed by atoms with E-state index in [-0.39, 0.29) is 12.6 Å². The van der Waals surface area contributed by atoms with Crippen LogP contribution in [0.2, 0.25) is 0 Å². The van der Waals surface area contributed by atoms with E-state index in [0.29, 0.717) is 11.6 Å². The third-order valence-corrected chi connectivity index (χ3v) is 1.86. The number of rotatable bonds is 3. The normalized spacial score (nSPS) is 10.1. The zero-order valence-corrected chi connectivity index (χ0v) is 8.34. The van der Waals surface area contributed by atoms with Crippen molar-refractivity contribution in [3.05, 3.63) is 17.5 Å². The van der Waals surface area contributed by atoms with Crippen LogP contribution >= 0.6 is 11.6 Å². The molecule has 4 nitrogen and oxygen atoms in total. The molecule has 72 valence electrons. The Kier molecular flexibility index (Phi) is 3.31. The zero-order chi connectivity index (χ0) is 9.84. The topological polar surface area (TPSA) is 44.1 Å². The van der Waals surface area contributed by atoms with Crippen LogP contribution in [0.15, 0.2) is 6.07 Å². The molecule has 0 saturated heterocycles. The van der Waals surface area contributed by atoms with Crippen LogP contribution in [0.1, 0.15) is 18.3 Å². The summed E-state index contributed by atoms with van der Waals surface area (Å²) in [7, 11) is 1.80. The number of hydrogen-bond acceptors (Lipinski definition) is 3. The molecule has 0 spiro atoms. The van der Waals surface area contributed by atoms with Crippen molar-refractivity contribution in [3.63, 3.8) is 0 Å². The third-order valence-electron chi connectivity index (χ3n) is 1.59. The maximum Gasteiger partial charge on any atom is 0.303 e. The maximum atomic E-state index is 10.5. The first kappa shape index (κ1) is 10.1. The molecule has 0 aromatic carbocycles. The molecule has 0 fully saturated rings. The third kappa shape index (κ3) is 2.73. The quantitative estimate of drug-likeness (QED) is 0.547. The van der Waals surface area contributed by atoms with Crippen molar-refractivity contribution in [2.24, 2.45) is 7.05 Å². The van der Waals surface area contributed by atoms with Crippen molar-refractivity contribution in [1.29, 1.82) is 0 Å². The highest BCUT2D eigenvalue weighted by Gasteiger charge is 2.04. The Balaban J connectivity index is 2.62. The highest BCUT2D eigenvalue weighted by atomic mass is 35.5. The van der Waals surface area contributed by atoms with Crippen LogP contribution in [-0.2, 0) is 29.1 Å². The van der Waals surface area contributed by atoms with E-state index < -0.39 is 0 Å². The largest absolute Gasteiger partial charge is 0.459 e. The lowest BCUT2D eigenvalue weighted by Crippen LogP contribution is -2.00. The molecule has 1 heterocycles. The number of ether oxygens (including phenoxy) is 1. The molecule has 0 atom stereocenters. The molecule has 0 radical (unpaired) electrons. The van der Waals surface area contributed by atoms with Gasteiger partial charge < -0.3 is 4.74 Å². The first-order valence-electron chi connectivity index (χ1n) is 3.84. The molecule has 5 heteroatoms. The highest BCUT2D eigenvalue weighted by molar-refractivity contribution is 6.16.